The lowest BCUT2D eigenvalue weighted by atomic mass is 10.1. The predicted molar refractivity (Wildman–Crippen MR) is 92.5 cm³/mol. The first-order chi connectivity index (χ1) is 11.3. The van der Waals surface area contributed by atoms with Crippen molar-refractivity contribution < 1.29 is 4.79 Å². The molecule has 0 aliphatic carbocycles. The Balaban J connectivity index is 2.33. The number of nitrogens with one attached hydrogen (secondary N) is 1. The molecular formula is C16H14Cl2N4O2. The van der Waals surface area contributed by atoms with Crippen LogP contribution in [0.1, 0.15) is 22.4 Å². The highest BCUT2D eigenvalue weighted by molar-refractivity contribution is 6.40. The number of halogens is 2. The van der Waals surface area contributed by atoms with Gasteiger partial charge >= 0.3 is 0 Å². The third-order valence-corrected chi connectivity index (χ3v) is 4.39. The monoisotopic (exact) mass is 364 g/mol. The second-order valence-corrected chi connectivity index (χ2v) is 6.05. The molecule has 0 saturated heterocycles. The number of aromatic nitrogens is 2. The van der Waals surface area contributed by atoms with E-state index < -0.39 is 11.5 Å². The van der Waals surface area contributed by atoms with Crippen LogP contribution in [0.3, 0.4) is 0 Å². The van der Waals surface area contributed by atoms with Crippen molar-refractivity contribution in [3.63, 3.8) is 0 Å². The van der Waals surface area contributed by atoms with E-state index in [4.69, 9.17) is 28.5 Å². The fraction of sp³-hybridized carbons (Fsp3) is 0.250. The number of hydrogen-bond acceptors (Lipinski definition) is 4. The Hall–Kier alpha value is -2.36. The Bertz CT molecular complexity index is 929. The summed E-state index contributed by atoms with van der Waals surface area (Å²) in [6.07, 6.45) is 0. The molecule has 24 heavy (non-hydrogen) atoms. The van der Waals surface area contributed by atoms with E-state index in [0.717, 1.165) is 10.2 Å². The summed E-state index contributed by atoms with van der Waals surface area (Å²) in [4.78, 5) is 24.4. The van der Waals surface area contributed by atoms with Crippen molar-refractivity contribution in [1.82, 2.24) is 9.78 Å². The Morgan fingerprint density at radius 1 is 1.33 bits per heavy atom. The van der Waals surface area contributed by atoms with Crippen molar-refractivity contribution in [3.8, 4) is 6.07 Å². The summed E-state index contributed by atoms with van der Waals surface area (Å²) in [5.41, 5.74) is 1.40. The molecule has 0 saturated carbocycles. The van der Waals surface area contributed by atoms with Gasteiger partial charge in [0.25, 0.3) is 5.56 Å². The average molecular weight is 365 g/mol. The van der Waals surface area contributed by atoms with Crippen LogP contribution in [0.5, 0.6) is 0 Å². The standard InChI is InChI=1S/C16H14Cl2N4O2/c1-8-4-5-12(17)15(14(8)18)20-13(23)7-22-16(24)11(6-19)9(2)10(3)21-22/h4-5H,7H2,1-3H3,(H,20,23). The van der Waals surface area contributed by atoms with Gasteiger partial charge in [0.05, 0.1) is 21.4 Å². The van der Waals surface area contributed by atoms with E-state index in [2.05, 4.69) is 10.4 Å². The van der Waals surface area contributed by atoms with E-state index in [9.17, 15) is 9.59 Å². The molecule has 0 aliphatic heterocycles. The SMILES string of the molecule is Cc1ccc(Cl)c(NC(=O)Cn2nc(C)c(C)c(C#N)c2=O)c1Cl. The lowest BCUT2D eigenvalue weighted by Gasteiger charge is -2.12. The molecule has 0 bridgehead atoms. The van der Waals surface area contributed by atoms with Crippen LogP contribution < -0.4 is 10.9 Å². The Morgan fingerprint density at radius 2 is 2.00 bits per heavy atom. The van der Waals surface area contributed by atoms with Crippen LogP contribution in [0.2, 0.25) is 10.0 Å². The molecule has 0 aliphatic rings. The van der Waals surface area contributed by atoms with Gasteiger partial charge in [-0.1, -0.05) is 29.3 Å². The molecule has 2 aromatic rings. The maximum atomic E-state index is 12.2. The number of benzene rings is 1. The molecule has 0 unspecified atom stereocenters. The van der Waals surface area contributed by atoms with Gasteiger partial charge in [0.1, 0.15) is 18.2 Å². The minimum Gasteiger partial charge on any atom is -0.322 e. The van der Waals surface area contributed by atoms with Gasteiger partial charge < -0.3 is 5.32 Å². The van der Waals surface area contributed by atoms with Crippen molar-refractivity contribution in [1.29, 1.82) is 5.26 Å². The Kier molecular flexibility index (Phi) is 5.27. The van der Waals surface area contributed by atoms with E-state index in [-0.39, 0.29) is 22.8 Å². The molecule has 8 heteroatoms. The van der Waals surface area contributed by atoms with Gasteiger partial charge in [-0.25, -0.2) is 4.68 Å². The van der Waals surface area contributed by atoms with Gasteiger partial charge in [-0.2, -0.15) is 10.4 Å². The molecule has 2 rings (SSSR count). The van der Waals surface area contributed by atoms with E-state index in [1.54, 1.807) is 32.9 Å². The lowest BCUT2D eigenvalue weighted by molar-refractivity contribution is -0.117. The zero-order valence-electron chi connectivity index (χ0n) is 13.3. The Labute approximate surface area is 148 Å². The molecule has 0 radical (unpaired) electrons. The summed E-state index contributed by atoms with van der Waals surface area (Å²) in [6, 6.07) is 5.19. The highest BCUT2D eigenvalue weighted by atomic mass is 35.5. The van der Waals surface area contributed by atoms with Crippen LogP contribution >= 0.6 is 23.2 Å². The Morgan fingerprint density at radius 3 is 2.62 bits per heavy atom. The number of nitriles is 1. The minimum absolute atomic E-state index is 0.0260. The van der Waals surface area contributed by atoms with E-state index in [0.29, 0.717) is 16.3 Å². The van der Waals surface area contributed by atoms with Gasteiger partial charge in [0.2, 0.25) is 5.91 Å². The number of nitrogens with zero attached hydrogens (tertiary/aromatic N) is 3. The first-order valence-corrected chi connectivity index (χ1v) is 7.74. The number of rotatable bonds is 3. The van der Waals surface area contributed by atoms with Crippen LogP contribution in [-0.4, -0.2) is 15.7 Å². The van der Waals surface area contributed by atoms with Gasteiger partial charge in [-0.05, 0) is 38.0 Å². The largest absolute Gasteiger partial charge is 0.322 e. The second kappa shape index (κ2) is 7.04. The van der Waals surface area contributed by atoms with Crippen LogP contribution in [0.4, 0.5) is 5.69 Å². The fourth-order valence-electron chi connectivity index (χ4n) is 2.10. The molecule has 0 fully saturated rings. The van der Waals surface area contributed by atoms with Crippen LogP contribution in [0.15, 0.2) is 16.9 Å². The molecular weight excluding hydrogens is 351 g/mol. The number of hydrogen-bond donors (Lipinski definition) is 1. The van der Waals surface area contributed by atoms with Crippen molar-refractivity contribution in [2.45, 2.75) is 27.3 Å². The number of amides is 1. The lowest BCUT2D eigenvalue weighted by Crippen LogP contribution is -2.32. The molecule has 1 heterocycles. The van der Waals surface area contributed by atoms with Crippen LogP contribution in [0.25, 0.3) is 0 Å². The summed E-state index contributed by atoms with van der Waals surface area (Å²) in [5, 5.41) is 16.3. The van der Waals surface area contributed by atoms with Crippen molar-refractivity contribution in [2.75, 3.05) is 5.32 Å². The second-order valence-electron chi connectivity index (χ2n) is 5.26. The molecule has 0 atom stereocenters. The van der Waals surface area contributed by atoms with E-state index >= 15 is 0 Å². The summed E-state index contributed by atoms with van der Waals surface area (Å²) in [6.45, 7) is 4.73. The van der Waals surface area contributed by atoms with Crippen molar-refractivity contribution in [3.05, 3.63) is 54.9 Å². The molecule has 124 valence electrons. The molecule has 1 aromatic heterocycles. The first kappa shape index (κ1) is 18.0. The average Bonchev–Trinajstić information content (AvgIpc) is 2.53. The summed E-state index contributed by atoms with van der Waals surface area (Å²) in [5.74, 6) is -0.522. The summed E-state index contributed by atoms with van der Waals surface area (Å²) >= 11 is 12.2. The zero-order chi connectivity index (χ0) is 18.0. The third kappa shape index (κ3) is 3.42. The van der Waals surface area contributed by atoms with Gasteiger partial charge in [0.15, 0.2) is 0 Å². The van der Waals surface area contributed by atoms with E-state index in [1.807, 2.05) is 6.07 Å². The molecule has 1 N–H and O–H groups in total. The third-order valence-electron chi connectivity index (χ3n) is 3.59. The quantitative estimate of drug-likeness (QED) is 0.906. The molecule has 6 nitrogen and oxygen atoms in total. The number of carbonyl (C=O) groups is 1. The molecule has 1 amide bonds. The van der Waals surface area contributed by atoms with Crippen molar-refractivity contribution >= 4 is 34.8 Å². The number of carbonyl (C=O) groups excluding carboxylic acids is 1. The predicted octanol–water partition coefficient (Wildman–Crippen LogP) is 2.99. The smallest absolute Gasteiger partial charge is 0.285 e. The molecule has 0 spiro atoms. The summed E-state index contributed by atoms with van der Waals surface area (Å²) in [7, 11) is 0. The highest BCUT2D eigenvalue weighted by Gasteiger charge is 2.16. The van der Waals surface area contributed by atoms with Crippen LogP contribution in [-0.2, 0) is 11.3 Å². The number of anilines is 1. The summed E-state index contributed by atoms with van der Waals surface area (Å²) < 4.78 is 0.952. The van der Waals surface area contributed by atoms with Crippen LogP contribution in [0, 0.1) is 32.1 Å². The van der Waals surface area contributed by atoms with Gasteiger partial charge in [-0.15, -0.1) is 0 Å². The first-order valence-electron chi connectivity index (χ1n) is 6.99. The topological polar surface area (TPSA) is 87.8 Å². The highest BCUT2D eigenvalue weighted by Crippen LogP contribution is 2.32. The van der Waals surface area contributed by atoms with Gasteiger partial charge in [-0.3, -0.25) is 9.59 Å². The normalized spacial score (nSPS) is 10.3. The zero-order valence-corrected chi connectivity index (χ0v) is 14.8. The maximum absolute atomic E-state index is 12.2. The minimum atomic E-state index is -0.614. The van der Waals surface area contributed by atoms with Gasteiger partial charge in [0, 0.05) is 0 Å². The van der Waals surface area contributed by atoms with E-state index in [1.165, 1.54) is 0 Å². The number of aryl methyl sites for hydroxylation is 2. The maximum Gasteiger partial charge on any atom is 0.285 e. The van der Waals surface area contributed by atoms with Crippen molar-refractivity contribution in [2.24, 2.45) is 0 Å². The molecule has 1 aromatic carbocycles. The fourth-order valence-corrected chi connectivity index (χ4v) is 2.56.